The molecule has 1 heteroatoms. The third-order valence-corrected chi connectivity index (χ3v) is 24.0. The van der Waals surface area contributed by atoms with Crippen molar-refractivity contribution in [3.8, 4) is 162 Å². The second kappa shape index (κ2) is 28.3. The summed E-state index contributed by atoms with van der Waals surface area (Å²) in [6, 6.07) is 81.8. The van der Waals surface area contributed by atoms with Gasteiger partial charge in [-0.15, -0.1) is 12.8 Å². The van der Waals surface area contributed by atoms with Crippen LogP contribution in [0.25, 0.3) is 99.1 Å². The Morgan fingerprint density at radius 2 is 0.626 bits per heavy atom. The first kappa shape index (κ1) is 69.1. The summed E-state index contributed by atoms with van der Waals surface area (Å²) >= 11 is 0. The van der Waals surface area contributed by atoms with E-state index < -0.39 is 5.41 Å². The minimum absolute atomic E-state index is 0.142. The molecule has 0 bridgehead atoms. The zero-order chi connectivity index (χ0) is 73.6. The third kappa shape index (κ3) is 11.5. The zero-order valence-electron chi connectivity index (χ0n) is 62.8. The van der Waals surface area contributed by atoms with Crippen LogP contribution in [0.15, 0.2) is 212 Å². The maximum Gasteiger partial charge on any atom is 0.145 e. The Labute approximate surface area is 634 Å². The van der Waals surface area contributed by atoms with Crippen LogP contribution in [0, 0.1) is 110 Å². The quantitative estimate of drug-likeness (QED) is 0.0649. The topological polar surface area (TPSA) is 3.24 Å². The molecule has 0 radical (unpaired) electrons. The second-order valence-corrected chi connectivity index (χ2v) is 30.5. The van der Waals surface area contributed by atoms with E-state index in [2.05, 4.69) is 355 Å². The van der Waals surface area contributed by atoms with Crippen LogP contribution in [0.1, 0.15) is 174 Å². The van der Waals surface area contributed by atoms with Crippen molar-refractivity contribution < 1.29 is 0 Å². The Bertz CT molecular complexity index is 6010. The number of terminal acetylenes is 2. The zero-order valence-corrected chi connectivity index (χ0v) is 62.8. The van der Waals surface area contributed by atoms with E-state index in [0.29, 0.717) is 0 Å². The van der Waals surface area contributed by atoms with Gasteiger partial charge in [-0.05, 0) is 315 Å². The molecule has 0 heterocycles. The Hall–Kier alpha value is -12.3. The summed E-state index contributed by atoms with van der Waals surface area (Å²) in [7, 11) is 0. The molecule has 0 unspecified atom stereocenters. The van der Waals surface area contributed by atoms with Crippen LogP contribution in [0.3, 0.4) is 0 Å². The Kier molecular flexibility index (Phi) is 18.3. The van der Waals surface area contributed by atoms with Gasteiger partial charge in [-0.3, -0.25) is 0 Å². The van der Waals surface area contributed by atoms with Crippen LogP contribution < -0.4 is 4.90 Å². The summed E-state index contributed by atoms with van der Waals surface area (Å²) in [5, 5.41) is 7.08. The molecule has 0 N–H and O–H groups in total. The van der Waals surface area contributed by atoms with Gasteiger partial charge >= 0.3 is 0 Å². The van der Waals surface area contributed by atoms with Gasteiger partial charge in [-0.1, -0.05) is 268 Å². The maximum absolute atomic E-state index is 5.64. The normalized spacial score (nSPS) is 13.7. The minimum Gasteiger partial charge on any atom is -0.310 e. The fourth-order valence-electron chi connectivity index (χ4n) is 18.9. The molecule has 0 spiro atoms. The number of hydrogen-bond donors (Lipinski definition) is 0. The van der Waals surface area contributed by atoms with Crippen molar-refractivity contribution in [2.24, 2.45) is 0 Å². The number of hydrogen-bond acceptors (Lipinski definition) is 1. The van der Waals surface area contributed by atoms with Crippen molar-refractivity contribution in [2.75, 3.05) is 4.90 Å². The fraction of sp³-hybridized carbons (Fsp3) is 0.226. The van der Waals surface area contributed by atoms with E-state index in [-0.39, 0.29) is 16.2 Å². The molecule has 16 rings (SSSR count). The van der Waals surface area contributed by atoms with Gasteiger partial charge in [0.05, 0.1) is 0 Å². The largest absolute Gasteiger partial charge is 0.310 e. The van der Waals surface area contributed by atoms with Crippen LogP contribution in [-0.4, -0.2) is 0 Å². The number of unbranched alkanes of at least 4 members (excludes halogenated alkanes) is 4. The van der Waals surface area contributed by atoms with E-state index in [9.17, 15) is 0 Å². The summed E-state index contributed by atoms with van der Waals surface area (Å²) in [5.41, 5.74) is 29.0. The molecule has 0 aromatic heterocycles. The number of fused-ring (bicyclic) bond motifs is 17. The highest BCUT2D eigenvalue weighted by atomic mass is 15.1. The molecule has 4 aliphatic rings. The number of aryl methyl sites for hydroxylation is 2. The molecule has 0 fully saturated rings. The van der Waals surface area contributed by atoms with Crippen LogP contribution in [-0.2, 0) is 21.7 Å². The average Bonchev–Trinajstić information content (AvgIpc) is 1.53. The summed E-state index contributed by atoms with van der Waals surface area (Å²) in [4.78, 5) is 2.55. The van der Waals surface area contributed by atoms with Gasteiger partial charge < -0.3 is 4.90 Å². The molecule has 0 atom stereocenters. The highest BCUT2D eigenvalue weighted by Gasteiger charge is 2.47. The number of nitrogens with zero attached hydrogens (tertiary/aromatic N) is 1. The maximum atomic E-state index is 5.64. The van der Waals surface area contributed by atoms with Gasteiger partial charge in [0.25, 0.3) is 0 Å². The van der Waals surface area contributed by atoms with Crippen LogP contribution >= 0.6 is 0 Å². The van der Waals surface area contributed by atoms with E-state index in [4.69, 9.17) is 12.8 Å². The van der Waals surface area contributed by atoms with E-state index >= 15 is 0 Å². The van der Waals surface area contributed by atoms with Crippen molar-refractivity contribution in [2.45, 2.75) is 154 Å². The van der Waals surface area contributed by atoms with Crippen molar-refractivity contribution >= 4 is 49.4 Å². The van der Waals surface area contributed by atoms with Gasteiger partial charge in [0.15, 0.2) is 0 Å². The van der Waals surface area contributed by atoms with Gasteiger partial charge in [0.2, 0.25) is 0 Å². The van der Waals surface area contributed by atoms with Crippen LogP contribution in [0.5, 0.6) is 0 Å². The molecule has 0 saturated heterocycles. The van der Waals surface area contributed by atoms with Gasteiger partial charge in [0.1, 0.15) is 5.41 Å². The molecule has 1 nitrogen and oxygen atoms in total. The summed E-state index contributed by atoms with van der Waals surface area (Å²) < 4.78 is 0. The minimum atomic E-state index is -1.30. The SMILES string of the molecule is C#CC#CC#CC#CC1(C#CC#CC#CC#C)c2cc(-c3cc4c5ccccc5c(-c5ccc6c(c5)C(C)(C)c5ccccc5-6)cc4c4ccccc34)ccc2-c2ccc(N(c3ccc4c(c3)C(CCCC)(CCCC)c3cc(C)ccc3-4)c3ccc4c(c3)C(CCCC)(CCCC)c3cc(C)ccc3-4)cc21. The van der Waals surface area contributed by atoms with Gasteiger partial charge in [-0.25, -0.2) is 0 Å². The van der Waals surface area contributed by atoms with E-state index in [1.165, 1.54) is 116 Å². The fourth-order valence-corrected chi connectivity index (χ4v) is 18.9. The lowest BCUT2D eigenvalue weighted by Crippen LogP contribution is -2.26. The molecule has 0 aliphatic heterocycles. The molecule has 0 saturated carbocycles. The van der Waals surface area contributed by atoms with Gasteiger partial charge in [0, 0.05) is 33.3 Å². The van der Waals surface area contributed by atoms with Crippen molar-refractivity contribution in [3.63, 3.8) is 0 Å². The van der Waals surface area contributed by atoms with Crippen molar-refractivity contribution in [1.29, 1.82) is 0 Å². The lowest BCUT2D eigenvalue weighted by molar-refractivity contribution is 0.414. The Balaban J connectivity index is 0.927. The first-order valence-corrected chi connectivity index (χ1v) is 38.5. The molecular formula is C106H85N. The highest BCUT2D eigenvalue weighted by molar-refractivity contribution is 6.24. The molecule has 514 valence electrons. The van der Waals surface area contributed by atoms with Crippen LogP contribution in [0.4, 0.5) is 17.1 Å². The molecule has 4 aliphatic carbocycles. The summed E-state index contributed by atoms with van der Waals surface area (Å²) in [6.07, 6.45) is 24.6. The lowest BCUT2D eigenvalue weighted by Gasteiger charge is -2.35. The first-order chi connectivity index (χ1) is 52.3. The van der Waals surface area contributed by atoms with Crippen molar-refractivity contribution in [3.05, 3.63) is 268 Å². The highest BCUT2D eigenvalue weighted by Crippen LogP contribution is 2.60. The van der Waals surface area contributed by atoms with E-state index in [1.807, 2.05) is 0 Å². The van der Waals surface area contributed by atoms with Crippen LogP contribution in [0.2, 0.25) is 0 Å². The standard InChI is InChI=1S/C106H85N/c1-11-17-23-25-27-35-61-106(62-36-28-26-24-18-12-2)99-66-75(92-71-94-81-39-31-29-37-79(81)91(70-93(94)82-40-32-30-38-80(82)92)74-45-52-84-83-41-33-34-42-95(83)103(9,10)96(84)65-74)46-53-87(99)90-56-49-78(69-102(90)106)107(76-47-54-88-85-50-43-72(7)63-97(85)104(57-19-13-3,58-20-14-4)100(88)67-76)77-48-55-89-86-51-44-73(8)64-98(86)105(59-21-15-5,60-22-16-6)101(89)68-77/h1-2,29-34,37-56,63-71H,13-16,19-22,57-60H2,3-10H3. The molecule has 0 amide bonds. The predicted molar refractivity (Wildman–Crippen MR) is 453 cm³/mol. The molecule has 12 aromatic rings. The Morgan fingerprint density at radius 1 is 0.290 bits per heavy atom. The summed E-state index contributed by atoms with van der Waals surface area (Å²) in [6.45, 7) is 18.6. The van der Waals surface area contributed by atoms with E-state index in [1.54, 1.807) is 0 Å². The first-order valence-electron chi connectivity index (χ1n) is 38.5. The molecule has 12 aromatic carbocycles. The molecule has 107 heavy (non-hydrogen) atoms. The van der Waals surface area contributed by atoms with E-state index in [0.717, 1.165) is 133 Å². The predicted octanol–water partition coefficient (Wildman–Crippen LogP) is 25.7. The third-order valence-electron chi connectivity index (χ3n) is 24.0. The monoisotopic (exact) mass is 1370 g/mol. The number of anilines is 3. The number of rotatable bonds is 17. The number of benzene rings is 12. The summed E-state index contributed by atoms with van der Waals surface area (Å²) in [5.74, 6) is 42.0. The van der Waals surface area contributed by atoms with Crippen molar-refractivity contribution in [1.82, 2.24) is 0 Å². The lowest BCUT2D eigenvalue weighted by atomic mass is 9.70. The average molecular weight is 1370 g/mol. The smallest absolute Gasteiger partial charge is 0.145 e. The van der Waals surface area contributed by atoms with Gasteiger partial charge in [-0.2, -0.15) is 0 Å². The Morgan fingerprint density at radius 3 is 1.07 bits per heavy atom. The second-order valence-electron chi connectivity index (χ2n) is 30.5. The molecular weight excluding hydrogens is 1290 g/mol.